The van der Waals surface area contributed by atoms with Crippen LogP contribution in [0.3, 0.4) is 0 Å². The predicted octanol–water partition coefficient (Wildman–Crippen LogP) is 4.54. The molecular weight excluding hydrogens is 277 g/mol. The summed E-state index contributed by atoms with van der Waals surface area (Å²) in [6.45, 7) is 3.79. The molecule has 2 rings (SSSR count). The maximum Gasteiger partial charge on any atom is 0.194 e. The third kappa shape index (κ3) is 3.72. The first-order valence-corrected chi connectivity index (χ1v) is 6.61. The number of halogens is 3. The van der Waals surface area contributed by atoms with Crippen molar-refractivity contribution in [1.29, 1.82) is 0 Å². The minimum Gasteiger partial charge on any atom is -0.294 e. The second kappa shape index (κ2) is 6.12. The summed E-state index contributed by atoms with van der Waals surface area (Å²) in [6, 6.07) is 7.37. The molecule has 1 nitrogen and oxygen atoms in total. The monoisotopic (exact) mass is 292 g/mol. The molecule has 21 heavy (non-hydrogen) atoms. The highest BCUT2D eigenvalue weighted by Gasteiger charge is 2.12. The van der Waals surface area contributed by atoms with Gasteiger partial charge in [0.15, 0.2) is 23.2 Å². The maximum absolute atomic E-state index is 13.1. The van der Waals surface area contributed by atoms with Crippen LogP contribution in [0.4, 0.5) is 13.2 Å². The van der Waals surface area contributed by atoms with E-state index in [0.29, 0.717) is 5.56 Å². The normalized spacial score (nSPS) is 10.7. The van der Waals surface area contributed by atoms with Gasteiger partial charge in [-0.05, 0) is 50.1 Å². The molecule has 0 heterocycles. The van der Waals surface area contributed by atoms with E-state index in [1.165, 1.54) is 0 Å². The molecule has 0 saturated heterocycles. The van der Waals surface area contributed by atoms with E-state index in [0.717, 1.165) is 23.3 Å². The minimum absolute atomic E-state index is 0.105. The molecule has 0 amide bonds. The fourth-order valence-corrected chi connectivity index (χ4v) is 2.29. The highest BCUT2D eigenvalue weighted by atomic mass is 19.2. The summed E-state index contributed by atoms with van der Waals surface area (Å²) in [5.74, 6) is -4.06. The number of aryl methyl sites for hydroxylation is 3. The summed E-state index contributed by atoms with van der Waals surface area (Å²) in [6.07, 6.45) is 0.285. The van der Waals surface area contributed by atoms with Crippen LogP contribution in [0, 0.1) is 31.3 Å². The molecular formula is C17H15F3O. The molecule has 0 aromatic heterocycles. The van der Waals surface area contributed by atoms with E-state index in [9.17, 15) is 18.0 Å². The van der Waals surface area contributed by atoms with Crippen LogP contribution in [-0.4, -0.2) is 5.78 Å². The van der Waals surface area contributed by atoms with Crippen LogP contribution in [0.25, 0.3) is 0 Å². The number of rotatable bonds is 4. The van der Waals surface area contributed by atoms with Crippen molar-refractivity contribution in [3.63, 3.8) is 0 Å². The Balaban J connectivity index is 2.11. The van der Waals surface area contributed by atoms with Gasteiger partial charge in [0.25, 0.3) is 0 Å². The van der Waals surface area contributed by atoms with Gasteiger partial charge >= 0.3 is 0 Å². The third-order valence-corrected chi connectivity index (χ3v) is 3.23. The van der Waals surface area contributed by atoms with Crippen molar-refractivity contribution < 1.29 is 18.0 Å². The molecule has 110 valence electrons. The van der Waals surface area contributed by atoms with Gasteiger partial charge in [-0.1, -0.05) is 17.2 Å². The van der Waals surface area contributed by atoms with Gasteiger partial charge in [0.05, 0.1) is 0 Å². The zero-order valence-electron chi connectivity index (χ0n) is 11.8. The number of benzene rings is 2. The lowest BCUT2D eigenvalue weighted by Gasteiger charge is -2.06. The van der Waals surface area contributed by atoms with Gasteiger partial charge < -0.3 is 0 Å². The van der Waals surface area contributed by atoms with Gasteiger partial charge in [0, 0.05) is 12.0 Å². The van der Waals surface area contributed by atoms with Crippen molar-refractivity contribution >= 4 is 5.78 Å². The lowest BCUT2D eigenvalue weighted by molar-refractivity contribution is 0.0982. The molecule has 2 aromatic carbocycles. The summed E-state index contributed by atoms with van der Waals surface area (Å²) < 4.78 is 39.0. The van der Waals surface area contributed by atoms with Crippen LogP contribution in [-0.2, 0) is 6.42 Å². The number of hydrogen-bond donors (Lipinski definition) is 0. The minimum atomic E-state index is -1.49. The summed E-state index contributed by atoms with van der Waals surface area (Å²) >= 11 is 0. The SMILES string of the molecule is Cc1cc(C)cc(C(=O)CCc2cc(F)c(F)c(F)c2)c1. The zero-order chi connectivity index (χ0) is 15.6. The fourth-order valence-electron chi connectivity index (χ4n) is 2.29. The molecule has 0 bridgehead atoms. The second-order valence-electron chi connectivity index (χ2n) is 5.17. The first kappa shape index (κ1) is 15.3. The highest BCUT2D eigenvalue weighted by molar-refractivity contribution is 5.96. The quantitative estimate of drug-likeness (QED) is 0.597. The molecule has 0 saturated carbocycles. The summed E-state index contributed by atoms with van der Waals surface area (Å²) in [5, 5.41) is 0. The number of carbonyl (C=O) groups is 1. The molecule has 0 atom stereocenters. The lowest BCUT2D eigenvalue weighted by Crippen LogP contribution is -2.03. The van der Waals surface area contributed by atoms with E-state index < -0.39 is 17.5 Å². The Labute approximate surface area is 121 Å². The number of ketones is 1. The molecule has 0 unspecified atom stereocenters. The molecule has 0 radical (unpaired) electrons. The Kier molecular flexibility index (Phi) is 4.46. The Morgan fingerprint density at radius 1 is 0.905 bits per heavy atom. The van der Waals surface area contributed by atoms with Crippen molar-refractivity contribution in [3.8, 4) is 0 Å². The van der Waals surface area contributed by atoms with Gasteiger partial charge in [-0.2, -0.15) is 0 Å². The van der Waals surface area contributed by atoms with E-state index >= 15 is 0 Å². The molecule has 0 aliphatic heterocycles. The second-order valence-corrected chi connectivity index (χ2v) is 5.17. The zero-order valence-corrected chi connectivity index (χ0v) is 11.8. The summed E-state index contributed by atoms with van der Waals surface area (Å²) in [4.78, 5) is 12.1. The van der Waals surface area contributed by atoms with Gasteiger partial charge in [-0.15, -0.1) is 0 Å². The largest absolute Gasteiger partial charge is 0.294 e. The first-order chi connectivity index (χ1) is 9.86. The van der Waals surface area contributed by atoms with Crippen molar-refractivity contribution in [2.45, 2.75) is 26.7 Å². The molecule has 0 aliphatic carbocycles. The van der Waals surface area contributed by atoms with Crippen molar-refractivity contribution in [1.82, 2.24) is 0 Å². The maximum atomic E-state index is 13.1. The van der Waals surface area contributed by atoms with Gasteiger partial charge in [0.2, 0.25) is 0 Å². The van der Waals surface area contributed by atoms with Gasteiger partial charge in [0.1, 0.15) is 0 Å². The molecule has 0 N–H and O–H groups in total. The lowest BCUT2D eigenvalue weighted by atomic mass is 9.99. The Bertz CT molecular complexity index is 649. The molecule has 4 heteroatoms. The van der Waals surface area contributed by atoms with E-state index in [2.05, 4.69) is 0 Å². The average molecular weight is 292 g/mol. The molecule has 0 fully saturated rings. The highest BCUT2D eigenvalue weighted by Crippen LogP contribution is 2.17. The first-order valence-electron chi connectivity index (χ1n) is 6.61. The Morgan fingerprint density at radius 2 is 1.43 bits per heavy atom. The Morgan fingerprint density at radius 3 is 1.95 bits per heavy atom. The Hall–Kier alpha value is -2.10. The van der Waals surface area contributed by atoms with Crippen LogP contribution in [0.5, 0.6) is 0 Å². The van der Waals surface area contributed by atoms with Crippen LogP contribution in [0.15, 0.2) is 30.3 Å². The van der Waals surface area contributed by atoms with Crippen LogP contribution >= 0.6 is 0 Å². The van der Waals surface area contributed by atoms with E-state index in [4.69, 9.17) is 0 Å². The molecule has 0 aliphatic rings. The van der Waals surface area contributed by atoms with Crippen molar-refractivity contribution in [3.05, 3.63) is 70.0 Å². The number of hydrogen-bond acceptors (Lipinski definition) is 1. The number of carbonyl (C=O) groups excluding carboxylic acids is 1. The van der Waals surface area contributed by atoms with Crippen LogP contribution in [0.2, 0.25) is 0 Å². The third-order valence-electron chi connectivity index (χ3n) is 3.23. The average Bonchev–Trinajstić information content (AvgIpc) is 2.40. The van der Waals surface area contributed by atoms with Gasteiger partial charge in [-0.25, -0.2) is 13.2 Å². The molecule has 2 aromatic rings. The standard InChI is InChI=1S/C17H15F3O/c1-10-5-11(2)7-13(6-10)16(21)4-3-12-8-14(18)17(20)15(19)9-12/h5-9H,3-4H2,1-2H3. The topological polar surface area (TPSA) is 17.1 Å². The molecule has 0 spiro atoms. The van der Waals surface area contributed by atoms with Crippen molar-refractivity contribution in [2.24, 2.45) is 0 Å². The van der Waals surface area contributed by atoms with Crippen molar-refractivity contribution in [2.75, 3.05) is 0 Å². The van der Waals surface area contributed by atoms with E-state index in [1.807, 2.05) is 19.9 Å². The smallest absolute Gasteiger partial charge is 0.194 e. The summed E-state index contributed by atoms with van der Waals surface area (Å²) in [7, 11) is 0. The van der Waals surface area contributed by atoms with Crippen LogP contribution in [0.1, 0.15) is 33.5 Å². The fraction of sp³-hybridized carbons (Fsp3) is 0.235. The summed E-state index contributed by atoms with van der Waals surface area (Å²) in [5.41, 5.74) is 2.81. The van der Waals surface area contributed by atoms with E-state index in [1.54, 1.807) is 12.1 Å². The van der Waals surface area contributed by atoms with Crippen LogP contribution < -0.4 is 0 Å². The van der Waals surface area contributed by atoms with Gasteiger partial charge in [-0.3, -0.25) is 4.79 Å². The number of Topliss-reactive ketones (excluding diaryl/α,β-unsaturated/α-hetero) is 1. The predicted molar refractivity (Wildman–Crippen MR) is 74.9 cm³/mol. The van der Waals surface area contributed by atoms with E-state index in [-0.39, 0.29) is 24.2 Å².